The largest absolute Gasteiger partial charge is 0.488 e. The fourth-order valence-corrected chi connectivity index (χ4v) is 2.65. The second-order valence-corrected chi connectivity index (χ2v) is 6.46. The molecule has 0 saturated heterocycles. The van der Waals surface area contributed by atoms with Crippen LogP contribution in [0.25, 0.3) is 6.08 Å². The maximum absolute atomic E-state index is 11.4. The minimum absolute atomic E-state index is 0.207. The van der Waals surface area contributed by atoms with Gasteiger partial charge in [0.25, 0.3) is 0 Å². The number of esters is 1. The van der Waals surface area contributed by atoms with Crippen LogP contribution in [0.4, 0.5) is 0 Å². The molecule has 0 heterocycles. The Balaban J connectivity index is 1.96. The van der Waals surface area contributed by atoms with Gasteiger partial charge in [-0.05, 0) is 64.1 Å². The zero-order chi connectivity index (χ0) is 17.4. The Morgan fingerprint density at radius 2 is 1.96 bits per heavy atom. The first-order valence-corrected chi connectivity index (χ1v) is 8.66. The smallest absolute Gasteiger partial charge is 0.331 e. The van der Waals surface area contributed by atoms with E-state index in [4.69, 9.17) is 21.1 Å². The summed E-state index contributed by atoms with van der Waals surface area (Å²) < 4.78 is 11.7. The van der Waals surface area contributed by atoms with E-state index in [0.29, 0.717) is 11.6 Å². The number of hydrogen-bond acceptors (Lipinski definition) is 3. The first kappa shape index (κ1) is 18.5. The SMILES string of the molecule is C=CCOC(=O)/C=C/c1ccc(OCc2ccc(Cl)cc2)c(I)c1. The molecule has 24 heavy (non-hydrogen) atoms. The topological polar surface area (TPSA) is 35.5 Å². The minimum Gasteiger partial charge on any atom is -0.488 e. The molecular weight excluding hydrogens is 439 g/mol. The summed E-state index contributed by atoms with van der Waals surface area (Å²) in [7, 11) is 0. The van der Waals surface area contributed by atoms with Crippen LogP contribution in [0.5, 0.6) is 5.75 Å². The highest BCUT2D eigenvalue weighted by Gasteiger charge is 2.03. The van der Waals surface area contributed by atoms with Gasteiger partial charge in [-0.25, -0.2) is 4.79 Å². The summed E-state index contributed by atoms with van der Waals surface area (Å²) in [6, 6.07) is 13.2. The highest BCUT2D eigenvalue weighted by Crippen LogP contribution is 2.24. The van der Waals surface area contributed by atoms with Gasteiger partial charge in [0.05, 0.1) is 3.57 Å². The van der Waals surface area contributed by atoms with Gasteiger partial charge in [-0.15, -0.1) is 0 Å². The fraction of sp³-hybridized carbons (Fsp3) is 0.105. The summed E-state index contributed by atoms with van der Waals surface area (Å²) in [6.07, 6.45) is 4.63. The summed E-state index contributed by atoms with van der Waals surface area (Å²) in [5, 5.41) is 0.705. The van der Waals surface area contributed by atoms with Crippen LogP contribution in [0.3, 0.4) is 0 Å². The van der Waals surface area contributed by atoms with Gasteiger partial charge in [0.2, 0.25) is 0 Å². The van der Waals surface area contributed by atoms with Gasteiger partial charge in [-0.3, -0.25) is 0 Å². The third-order valence-electron chi connectivity index (χ3n) is 3.02. The second kappa shape index (κ2) is 9.49. The van der Waals surface area contributed by atoms with E-state index in [2.05, 4.69) is 29.2 Å². The number of carbonyl (C=O) groups is 1. The van der Waals surface area contributed by atoms with Gasteiger partial charge in [0, 0.05) is 11.1 Å². The predicted molar refractivity (Wildman–Crippen MR) is 105 cm³/mol. The molecule has 0 aliphatic heterocycles. The highest BCUT2D eigenvalue weighted by atomic mass is 127. The van der Waals surface area contributed by atoms with Crippen molar-refractivity contribution >= 4 is 46.2 Å². The van der Waals surface area contributed by atoms with Crippen LogP contribution in [0.1, 0.15) is 11.1 Å². The van der Waals surface area contributed by atoms with Gasteiger partial charge < -0.3 is 9.47 Å². The Hall–Kier alpha value is -1.79. The van der Waals surface area contributed by atoms with Crippen molar-refractivity contribution in [2.75, 3.05) is 6.61 Å². The molecule has 0 saturated carbocycles. The molecule has 0 unspecified atom stereocenters. The van der Waals surface area contributed by atoms with Crippen molar-refractivity contribution in [3.8, 4) is 5.75 Å². The Kier molecular flexibility index (Phi) is 7.34. The molecule has 0 atom stereocenters. The third-order valence-corrected chi connectivity index (χ3v) is 4.11. The number of rotatable bonds is 7. The van der Waals surface area contributed by atoms with Crippen molar-refractivity contribution in [2.24, 2.45) is 0 Å². The van der Waals surface area contributed by atoms with Crippen LogP contribution in [0, 0.1) is 3.57 Å². The molecule has 2 aromatic rings. The first-order chi connectivity index (χ1) is 11.6. The van der Waals surface area contributed by atoms with Crippen LogP contribution in [0.15, 0.2) is 61.2 Å². The highest BCUT2D eigenvalue weighted by molar-refractivity contribution is 14.1. The molecule has 3 nitrogen and oxygen atoms in total. The number of hydrogen-bond donors (Lipinski definition) is 0. The van der Waals surface area contributed by atoms with Crippen molar-refractivity contribution < 1.29 is 14.3 Å². The van der Waals surface area contributed by atoms with Crippen LogP contribution in [-0.4, -0.2) is 12.6 Å². The van der Waals surface area contributed by atoms with E-state index in [0.717, 1.165) is 20.4 Å². The average molecular weight is 455 g/mol. The lowest BCUT2D eigenvalue weighted by molar-refractivity contribution is -0.136. The molecule has 0 N–H and O–H groups in total. The summed E-state index contributed by atoms with van der Waals surface area (Å²) in [6.45, 7) is 4.17. The lowest BCUT2D eigenvalue weighted by Gasteiger charge is -2.09. The maximum atomic E-state index is 11.4. The van der Waals surface area contributed by atoms with E-state index in [9.17, 15) is 4.79 Å². The number of carbonyl (C=O) groups excluding carboxylic acids is 1. The van der Waals surface area contributed by atoms with Crippen molar-refractivity contribution in [2.45, 2.75) is 6.61 Å². The molecule has 0 aromatic heterocycles. The summed E-state index contributed by atoms with van der Waals surface area (Å²) in [5.41, 5.74) is 1.94. The number of benzene rings is 2. The lowest BCUT2D eigenvalue weighted by atomic mass is 10.2. The maximum Gasteiger partial charge on any atom is 0.331 e. The zero-order valence-corrected chi connectivity index (χ0v) is 15.8. The molecule has 124 valence electrons. The van der Waals surface area contributed by atoms with Crippen LogP contribution < -0.4 is 4.74 Å². The predicted octanol–water partition coefficient (Wildman–Crippen LogP) is 5.27. The van der Waals surface area contributed by atoms with E-state index in [-0.39, 0.29) is 6.61 Å². The normalized spacial score (nSPS) is 10.6. The standard InChI is InChI=1S/C19H16ClIO3/c1-2-11-23-19(22)10-6-14-5-9-18(17(21)12-14)24-13-15-3-7-16(20)8-4-15/h2-10,12H,1,11,13H2/b10-6+. The molecule has 0 radical (unpaired) electrons. The van der Waals surface area contributed by atoms with Crippen molar-refractivity contribution in [3.05, 3.63) is 80.9 Å². The molecule has 2 aromatic carbocycles. The Bertz CT molecular complexity index is 739. The summed E-state index contributed by atoms with van der Waals surface area (Å²) in [5.74, 6) is 0.393. The second-order valence-electron chi connectivity index (χ2n) is 4.86. The molecular formula is C19H16ClIO3. The van der Waals surface area contributed by atoms with E-state index in [1.807, 2.05) is 42.5 Å². The molecule has 5 heteroatoms. The van der Waals surface area contributed by atoms with Crippen LogP contribution in [0.2, 0.25) is 5.02 Å². The van der Waals surface area contributed by atoms with E-state index in [1.54, 1.807) is 6.08 Å². The first-order valence-electron chi connectivity index (χ1n) is 7.21. The van der Waals surface area contributed by atoms with Gasteiger partial charge in [-0.1, -0.05) is 42.5 Å². The lowest BCUT2D eigenvalue weighted by Crippen LogP contribution is -1.99. The Labute approximate surface area is 160 Å². The Morgan fingerprint density at radius 3 is 2.62 bits per heavy atom. The minimum atomic E-state index is -0.395. The summed E-state index contributed by atoms with van der Waals surface area (Å²) in [4.78, 5) is 11.4. The number of ether oxygens (including phenoxy) is 2. The molecule has 0 aliphatic rings. The number of halogens is 2. The third kappa shape index (κ3) is 6.02. The average Bonchev–Trinajstić information content (AvgIpc) is 2.58. The molecule has 0 bridgehead atoms. The zero-order valence-electron chi connectivity index (χ0n) is 12.9. The van der Waals surface area contributed by atoms with Gasteiger partial charge in [0.15, 0.2) is 0 Å². The van der Waals surface area contributed by atoms with E-state index < -0.39 is 5.97 Å². The molecule has 0 fully saturated rings. The quantitative estimate of drug-likeness (QED) is 0.248. The van der Waals surface area contributed by atoms with Gasteiger partial charge in [-0.2, -0.15) is 0 Å². The van der Waals surface area contributed by atoms with Crippen molar-refractivity contribution in [1.29, 1.82) is 0 Å². The van der Waals surface area contributed by atoms with Crippen LogP contribution >= 0.6 is 34.2 Å². The van der Waals surface area contributed by atoms with Crippen molar-refractivity contribution in [1.82, 2.24) is 0 Å². The monoisotopic (exact) mass is 454 g/mol. The Morgan fingerprint density at radius 1 is 1.21 bits per heavy atom. The van der Waals surface area contributed by atoms with Crippen molar-refractivity contribution in [3.63, 3.8) is 0 Å². The van der Waals surface area contributed by atoms with Gasteiger partial charge >= 0.3 is 5.97 Å². The summed E-state index contributed by atoms with van der Waals surface area (Å²) >= 11 is 8.07. The molecule has 0 aliphatic carbocycles. The van der Waals surface area contributed by atoms with Crippen LogP contribution in [-0.2, 0) is 16.1 Å². The van der Waals surface area contributed by atoms with Gasteiger partial charge in [0.1, 0.15) is 19.0 Å². The molecule has 0 spiro atoms. The molecule has 2 rings (SSSR count). The van der Waals surface area contributed by atoms with E-state index in [1.165, 1.54) is 12.2 Å². The van der Waals surface area contributed by atoms with E-state index >= 15 is 0 Å². The molecule has 0 amide bonds. The fourth-order valence-electron chi connectivity index (χ4n) is 1.83.